The number of likely N-dealkylation sites (tertiary alicyclic amines) is 1. The summed E-state index contributed by atoms with van der Waals surface area (Å²) in [5.74, 6) is 2.24. The third-order valence-corrected chi connectivity index (χ3v) is 4.42. The van der Waals surface area contributed by atoms with Crippen LogP contribution in [0.25, 0.3) is 0 Å². The summed E-state index contributed by atoms with van der Waals surface area (Å²) in [5, 5.41) is 3.08. The first-order valence-electron chi connectivity index (χ1n) is 8.37. The molecule has 2 aromatic rings. The molecular weight excluding hydrogens is 320 g/mol. The molecule has 1 atom stereocenters. The van der Waals surface area contributed by atoms with E-state index in [1.54, 1.807) is 20.3 Å². The highest BCUT2D eigenvalue weighted by molar-refractivity contribution is 5.94. The van der Waals surface area contributed by atoms with Crippen molar-refractivity contribution in [2.75, 3.05) is 27.3 Å². The van der Waals surface area contributed by atoms with Gasteiger partial charge in [-0.1, -0.05) is 0 Å². The minimum atomic E-state index is -0.0771. The zero-order valence-corrected chi connectivity index (χ0v) is 14.9. The van der Waals surface area contributed by atoms with Crippen molar-refractivity contribution in [1.82, 2.24) is 10.2 Å². The topological polar surface area (TPSA) is 63.9 Å². The second kappa shape index (κ2) is 7.61. The van der Waals surface area contributed by atoms with E-state index >= 15 is 0 Å². The maximum absolute atomic E-state index is 12.2. The normalized spacial score (nSPS) is 17.5. The summed E-state index contributed by atoms with van der Waals surface area (Å²) in [7, 11) is 3.30. The number of nitrogens with zero attached hydrogens (tertiary/aromatic N) is 1. The molecule has 0 saturated carbocycles. The fourth-order valence-electron chi connectivity index (χ4n) is 3.14. The van der Waals surface area contributed by atoms with Gasteiger partial charge in [-0.2, -0.15) is 0 Å². The summed E-state index contributed by atoms with van der Waals surface area (Å²) in [4.78, 5) is 14.5. The number of carbonyl (C=O) groups excluding carboxylic acids is 1. The molecule has 1 amide bonds. The van der Waals surface area contributed by atoms with Gasteiger partial charge >= 0.3 is 0 Å². The van der Waals surface area contributed by atoms with E-state index in [4.69, 9.17) is 13.9 Å². The predicted octanol–water partition coefficient (Wildman–Crippen LogP) is 2.61. The van der Waals surface area contributed by atoms with Crippen LogP contribution < -0.4 is 14.8 Å². The van der Waals surface area contributed by atoms with Gasteiger partial charge in [-0.15, -0.1) is 0 Å². The Labute approximate surface area is 147 Å². The van der Waals surface area contributed by atoms with Crippen molar-refractivity contribution in [1.29, 1.82) is 0 Å². The molecule has 1 fully saturated rings. The van der Waals surface area contributed by atoms with Gasteiger partial charge < -0.3 is 19.2 Å². The molecule has 0 aliphatic carbocycles. The van der Waals surface area contributed by atoms with Gasteiger partial charge in [0.15, 0.2) is 0 Å². The Morgan fingerprint density at radius 1 is 1.24 bits per heavy atom. The number of benzene rings is 1. The van der Waals surface area contributed by atoms with Crippen LogP contribution >= 0.6 is 0 Å². The van der Waals surface area contributed by atoms with Gasteiger partial charge in [0.2, 0.25) is 0 Å². The highest BCUT2D eigenvalue weighted by Crippen LogP contribution is 2.24. The molecule has 0 bridgehead atoms. The van der Waals surface area contributed by atoms with Crippen LogP contribution in [0.3, 0.4) is 0 Å². The number of carbonyl (C=O) groups is 1. The fraction of sp³-hybridized carbons (Fsp3) is 0.421. The molecule has 1 aliphatic heterocycles. The Morgan fingerprint density at radius 3 is 2.56 bits per heavy atom. The number of aryl methyl sites for hydroxylation is 1. The first-order chi connectivity index (χ1) is 12.1. The third-order valence-electron chi connectivity index (χ3n) is 4.42. The van der Waals surface area contributed by atoms with Crippen LogP contribution in [0, 0.1) is 6.92 Å². The van der Waals surface area contributed by atoms with Gasteiger partial charge in [-0.05, 0) is 37.1 Å². The zero-order valence-electron chi connectivity index (χ0n) is 14.9. The SMILES string of the molecule is COc1cc(CN2CC[C@H](NC(=O)c3coc(C)c3)C2)cc(OC)c1. The summed E-state index contributed by atoms with van der Waals surface area (Å²) in [6.07, 6.45) is 2.43. The van der Waals surface area contributed by atoms with E-state index in [0.717, 1.165) is 48.9 Å². The smallest absolute Gasteiger partial charge is 0.254 e. The predicted molar refractivity (Wildman–Crippen MR) is 94.1 cm³/mol. The Hall–Kier alpha value is -2.47. The summed E-state index contributed by atoms with van der Waals surface area (Å²) in [6.45, 7) is 4.39. The van der Waals surface area contributed by atoms with E-state index in [1.165, 1.54) is 6.26 Å². The maximum Gasteiger partial charge on any atom is 0.254 e. The van der Waals surface area contributed by atoms with Gasteiger partial charge in [0, 0.05) is 31.7 Å². The summed E-state index contributed by atoms with van der Waals surface area (Å²) >= 11 is 0. The molecule has 3 rings (SSSR count). The first-order valence-corrected chi connectivity index (χ1v) is 8.37. The molecule has 1 aromatic heterocycles. The van der Waals surface area contributed by atoms with Crippen molar-refractivity contribution >= 4 is 5.91 Å². The molecular formula is C19H24N2O4. The van der Waals surface area contributed by atoms with E-state index in [1.807, 2.05) is 25.1 Å². The molecule has 0 radical (unpaired) electrons. The van der Waals surface area contributed by atoms with Gasteiger partial charge in [0.1, 0.15) is 23.5 Å². The van der Waals surface area contributed by atoms with E-state index < -0.39 is 0 Å². The lowest BCUT2D eigenvalue weighted by Gasteiger charge is -2.17. The average Bonchev–Trinajstić information content (AvgIpc) is 3.23. The average molecular weight is 344 g/mol. The minimum Gasteiger partial charge on any atom is -0.497 e. The molecule has 2 heterocycles. The molecule has 6 nitrogen and oxygen atoms in total. The Kier molecular flexibility index (Phi) is 5.28. The number of rotatable bonds is 6. The van der Waals surface area contributed by atoms with Gasteiger partial charge in [-0.3, -0.25) is 9.69 Å². The molecule has 6 heteroatoms. The molecule has 25 heavy (non-hydrogen) atoms. The van der Waals surface area contributed by atoms with Crippen molar-refractivity contribution in [3.05, 3.63) is 47.4 Å². The molecule has 134 valence electrons. The Morgan fingerprint density at radius 2 is 1.96 bits per heavy atom. The molecule has 1 saturated heterocycles. The highest BCUT2D eigenvalue weighted by atomic mass is 16.5. The van der Waals surface area contributed by atoms with E-state index in [0.29, 0.717) is 5.56 Å². The summed E-state index contributed by atoms with van der Waals surface area (Å²) in [5.41, 5.74) is 1.71. The van der Waals surface area contributed by atoms with Crippen LogP contribution in [-0.4, -0.2) is 44.2 Å². The summed E-state index contributed by atoms with van der Waals surface area (Å²) < 4.78 is 15.8. The van der Waals surface area contributed by atoms with Crippen LogP contribution in [0.15, 0.2) is 34.9 Å². The van der Waals surface area contributed by atoms with E-state index in [2.05, 4.69) is 10.2 Å². The number of amides is 1. The van der Waals surface area contributed by atoms with Crippen LogP contribution in [0.1, 0.15) is 28.1 Å². The quantitative estimate of drug-likeness (QED) is 0.873. The lowest BCUT2D eigenvalue weighted by atomic mass is 10.2. The largest absolute Gasteiger partial charge is 0.497 e. The number of hydrogen-bond acceptors (Lipinski definition) is 5. The second-order valence-electron chi connectivity index (χ2n) is 6.36. The lowest BCUT2D eigenvalue weighted by Crippen LogP contribution is -2.36. The van der Waals surface area contributed by atoms with Crippen molar-refractivity contribution in [3.63, 3.8) is 0 Å². The third kappa shape index (κ3) is 4.33. The number of furan rings is 1. The Bertz CT molecular complexity index is 719. The maximum atomic E-state index is 12.2. The molecule has 1 N–H and O–H groups in total. The van der Waals surface area contributed by atoms with Crippen molar-refractivity contribution in [2.24, 2.45) is 0 Å². The van der Waals surface area contributed by atoms with Gasteiger partial charge in [-0.25, -0.2) is 0 Å². The molecule has 0 spiro atoms. The van der Waals surface area contributed by atoms with E-state index in [9.17, 15) is 4.79 Å². The number of ether oxygens (including phenoxy) is 2. The van der Waals surface area contributed by atoms with Crippen LogP contribution in [0.4, 0.5) is 0 Å². The molecule has 1 aliphatic rings. The van der Waals surface area contributed by atoms with Crippen molar-refractivity contribution in [2.45, 2.75) is 25.9 Å². The Balaban J connectivity index is 1.57. The second-order valence-corrected chi connectivity index (χ2v) is 6.36. The number of nitrogens with one attached hydrogen (secondary N) is 1. The fourth-order valence-corrected chi connectivity index (χ4v) is 3.14. The van der Waals surface area contributed by atoms with Gasteiger partial charge in [0.25, 0.3) is 5.91 Å². The minimum absolute atomic E-state index is 0.0771. The van der Waals surface area contributed by atoms with Crippen LogP contribution in [0.5, 0.6) is 11.5 Å². The zero-order chi connectivity index (χ0) is 17.8. The van der Waals surface area contributed by atoms with Crippen LogP contribution in [-0.2, 0) is 6.54 Å². The molecule has 0 unspecified atom stereocenters. The van der Waals surface area contributed by atoms with Crippen molar-refractivity contribution in [3.8, 4) is 11.5 Å². The van der Waals surface area contributed by atoms with E-state index in [-0.39, 0.29) is 11.9 Å². The van der Waals surface area contributed by atoms with Crippen molar-refractivity contribution < 1.29 is 18.7 Å². The monoisotopic (exact) mass is 344 g/mol. The number of hydrogen-bond donors (Lipinski definition) is 1. The lowest BCUT2D eigenvalue weighted by molar-refractivity contribution is 0.0937. The standard InChI is InChI=1S/C19H24N2O4/c1-13-6-15(12-25-13)19(22)20-16-4-5-21(11-16)10-14-7-17(23-2)9-18(8-14)24-3/h6-9,12,16H,4-5,10-11H2,1-3H3,(H,20,22)/t16-/m0/s1. The first kappa shape index (κ1) is 17.4. The van der Waals surface area contributed by atoms with Gasteiger partial charge in [0.05, 0.1) is 19.8 Å². The highest BCUT2D eigenvalue weighted by Gasteiger charge is 2.25. The number of methoxy groups -OCH3 is 2. The van der Waals surface area contributed by atoms with Crippen LogP contribution in [0.2, 0.25) is 0 Å². The molecule has 1 aromatic carbocycles. The summed E-state index contributed by atoms with van der Waals surface area (Å²) in [6, 6.07) is 7.80.